The van der Waals surface area contributed by atoms with Gasteiger partial charge in [0.25, 0.3) is 5.82 Å². The Balaban J connectivity index is 2.92. The maximum absolute atomic E-state index is 10.4. The molecule has 0 spiro atoms. The molecule has 1 aromatic heterocycles. The number of ether oxygens (including phenoxy) is 1. The molecular formula is C5H6BrN3O3. The molecule has 7 heteroatoms. The van der Waals surface area contributed by atoms with Crippen molar-refractivity contribution in [3.05, 3.63) is 10.6 Å². The van der Waals surface area contributed by atoms with Gasteiger partial charge >= 0.3 is 5.97 Å². The van der Waals surface area contributed by atoms with E-state index in [1.54, 1.807) is 0 Å². The summed E-state index contributed by atoms with van der Waals surface area (Å²) in [5.74, 6) is -1.41. The van der Waals surface area contributed by atoms with Gasteiger partial charge in [0.15, 0.2) is 4.73 Å². The van der Waals surface area contributed by atoms with E-state index >= 15 is 0 Å². The summed E-state index contributed by atoms with van der Waals surface area (Å²) in [6.45, 7) is 0.168. The first kappa shape index (κ1) is 9.14. The molecule has 0 unspecified atom stereocenters. The molecule has 0 saturated heterocycles. The first-order valence-electron chi connectivity index (χ1n) is 2.97. The Labute approximate surface area is 76.3 Å². The standard InChI is InChI=1S/C5H6BrN3O3/c1-12-2-9-5(6)7-3(8-9)4(10)11/h2H2,1H3,(H,10,11). The molecule has 1 rings (SSSR count). The minimum absolute atomic E-state index is 0.168. The summed E-state index contributed by atoms with van der Waals surface area (Å²) in [5.41, 5.74) is 0. The number of rotatable bonds is 3. The van der Waals surface area contributed by atoms with Gasteiger partial charge in [-0.05, 0) is 15.9 Å². The number of aromatic nitrogens is 3. The summed E-state index contributed by atoms with van der Waals surface area (Å²) in [6.07, 6.45) is 0. The zero-order valence-corrected chi connectivity index (χ0v) is 7.78. The molecule has 0 fully saturated rings. The second-order valence-electron chi connectivity index (χ2n) is 1.93. The highest BCUT2D eigenvalue weighted by Gasteiger charge is 2.12. The molecule has 0 amide bonds. The molecule has 0 atom stereocenters. The van der Waals surface area contributed by atoms with Crippen molar-refractivity contribution >= 4 is 21.9 Å². The van der Waals surface area contributed by atoms with Crippen LogP contribution in [0, 0.1) is 0 Å². The SMILES string of the molecule is COCn1nc(C(=O)O)nc1Br. The van der Waals surface area contributed by atoms with Crippen molar-refractivity contribution in [2.75, 3.05) is 7.11 Å². The number of hydrogen-bond donors (Lipinski definition) is 1. The normalized spacial score (nSPS) is 10.2. The number of carboxylic acids is 1. The Hall–Kier alpha value is -0.950. The van der Waals surface area contributed by atoms with Crippen LogP contribution in [-0.4, -0.2) is 33.0 Å². The van der Waals surface area contributed by atoms with E-state index in [1.807, 2.05) is 0 Å². The lowest BCUT2D eigenvalue weighted by Gasteiger charge is -1.96. The molecule has 1 N–H and O–H groups in total. The monoisotopic (exact) mass is 235 g/mol. The van der Waals surface area contributed by atoms with E-state index < -0.39 is 5.97 Å². The number of hydrogen-bond acceptors (Lipinski definition) is 4. The van der Waals surface area contributed by atoms with E-state index in [0.717, 1.165) is 0 Å². The van der Waals surface area contributed by atoms with Crippen LogP contribution in [-0.2, 0) is 11.5 Å². The van der Waals surface area contributed by atoms with Crippen LogP contribution in [0.2, 0.25) is 0 Å². The lowest BCUT2D eigenvalue weighted by molar-refractivity contribution is 0.0679. The van der Waals surface area contributed by atoms with Crippen molar-refractivity contribution < 1.29 is 14.6 Å². The number of nitrogens with zero attached hydrogens (tertiary/aromatic N) is 3. The summed E-state index contributed by atoms with van der Waals surface area (Å²) in [6, 6.07) is 0. The van der Waals surface area contributed by atoms with Crippen molar-refractivity contribution in [2.45, 2.75) is 6.73 Å². The van der Waals surface area contributed by atoms with Crippen molar-refractivity contribution in [3.63, 3.8) is 0 Å². The van der Waals surface area contributed by atoms with E-state index in [1.165, 1.54) is 11.8 Å². The highest BCUT2D eigenvalue weighted by atomic mass is 79.9. The zero-order valence-electron chi connectivity index (χ0n) is 6.19. The molecule has 0 bridgehead atoms. The van der Waals surface area contributed by atoms with E-state index in [0.29, 0.717) is 4.73 Å². The van der Waals surface area contributed by atoms with E-state index in [2.05, 4.69) is 26.0 Å². The van der Waals surface area contributed by atoms with Gasteiger partial charge in [0.2, 0.25) is 0 Å². The second kappa shape index (κ2) is 3.63. The van der Waals surface area contributed by atoms with Crippen LogP contribution in [0.5, 0.6) is 0 Å². The molecule has 0 saturated carbocycles. The smallest absolute Gasteiger partial charge is 0.375 e. The second-order valence-corrected chi connectivity index (χ2v) is 2.64. The predicted molar refractivity (Wildman–Crippen MR) is 41.7 cm³/mol. The van der Waals surface area contributed by atoms with Gasteiger partial charge in [0.05, 0.1) is 0 Å². The number of methoxy groups -OCH3 is 1. The molecule has 6 nitrogen and oxygen atoms in total. The third-order valence-corrected chi connectivity index (χ3v) is 1.66. The molecule has 0 aliphatic carbocycles. The molecule has 12 heavy (non-hydrogen) atoms. The summed E-state index contributed by atoms with van der Waals surface area (Å²) in [5, 5.41) is 12.1. The summed E-state index contributed by atoms with van der Waals surface area (Å²) in [4.78, 5) is 14.0. The van der Waals surface area contributed by atoms with Gasteiger partial charge in [-0.25, -0.2) is 9.48 Å². The fourth-order valence-electron chi connectivity index (χ4n) is 0.618. The van der Waals surface area contributed by atoms with Gasteiger partial charge < -0.3 is 9.84 Å². The van der Waals surface area contributed by atoms with Crippen LogP contribution in [0.4, 0.5) is 0 Å². The molecule has 1 aromatic rings. The summed E-state index contributed by atoms with van der Waals surface area (Å²) < 4.78 is 6.37. The average Bonchev–Trinajstić information content (AvgIpc) is 2.34. The van der Waals surface area contributed by atoms with E-state index in [4.69, 9.17) is 9.84 Å². The van der Waals surface area contributed by atoms with Crippen LogP contribution in [0.15, 0.2) is 4.73 Å². The average molecular weight is 236 g/mol. The van der Waals surface area contributed by atoms with E-state index in [-0.39, 0.29) is 12.6 Å². The minimum Gasteiger partial charge on any atom is -0.475 e. The highest BCUT2D eigenvalue weighted by molar-refractivity contribution is 9.10. The van der Waals surface area contributed by atoms with Crippen molar-refractivity contribution in [1.82, 2.24) is 14.8 Å². The highest BCUT2D eigenvalue weighted by Crippen LogP contribution is 2.06. The summed E-state index contributed by atoms with van der Waals surface area (Å²) in [7, 11) is 1.48. The molecule has 66 valence electrons. The van der Waals surface area contributed by atoms with Crippen molar-refractivity contribution in [2.24, 2.45) is 0 Å². The molecular weight excluding hydrogens is 230 g/mol. The summed E-state index contributed by atoms with van der Waals surface area (Å²) >= 11 is 3.03. The maximum atomic E-state index is 10.4. The lowest BCUT2D eigenvalue weighted by Crippen LogP contribution is -2.04. The Morgan fingerprint density at radius 3 is 2.92 bits per heavy atom. The Morgan fingerprint density at radius 2 is 2.50 bits per heavy atom. The van der Waals surface area contributed by atoms with Crippen LogP contribution in [0.1, 0.15) is 10.6 Å². The van der Waals surface area contributed by atoms with Gasteiger partial charge in [-0.3, -0.25) is 0 Å². The lowest BCUT2D eigenvalue weighted by atomic mass is 10.7. The third-order valence-electron chi connectivity index (χ3n) is 1.07. The number of carboxylic acid groups (broad SMARTS) is 1. The Morgan fingerprint density at radius 1 is 1.83 bits per heavy atom. The van der Waals surface area contributed by atoms with Crippen molar-refractivity contribution in [3.8, 4) is 0 Å². The topological polar surface area (TPSA) is 77.2 Å². The van der Waals surface area contributed by atoms with Gasteiger partial charge in [-0.2, -0.15) is 4.98 Å². The van der Waals surface area contributed by atoms with E-state index in [9.17, 15) is 4.79 Å². The number of halogens is 1. The first-order chi connectivity index (χ1) is 5.65. The Bertz CT molecular complexity index is 298. The quantitative estimate of drug-likeness (QED) is 0.818. The number of aromatic carboxylic acids is 1. The Kier molecular flexibility index (Phi) is 2.77. The predicted octanol–water partition coefficient (Wildman–Crippen LogP) is 0.343. The molecule has 0 radical (unpaired) electrons. The molecule has 0 aromatic carbocycles. The first-order valence-corrected chi connectivity index (χ1v) is 3.77. The van der Waals surface area contributed by atoms with Gasteiger partial charge in [-0.15, -0.1) is 5.10 Å². The van der Waals surface area contributed by atoms with Crippen LogP contribution < -0.4 is 0 Å². The number of carbonyl (C=O) groups is 1. The molecule has 0 aliphatic heterocycles. The van der Waals surface area contributed by atoms with Gasteiger partial charge in [0.1, 0.15) is 6.73 Å². The van der Waals surface area contributed by atoms with Crippen molar-refractivity contribution in [1.29, 1.82) is 0 Å². The van der Waals surface area contributed by atoms with Gasteiger partial charge in [0, 0.05) is 7.11 Å². The fourth-order valence-corrected chi connectivity index (χ4v) is 0.968. The van der Waals surface area contributed by atoms with Crippen LogP contribution in [0.3, 0.4) is 0 Å². The fraction of sp³-hybridized carbons (Fsp3) is 0.400. The van der Waals surface area contributed by atoms with Crippen LogP contribution in [0.25, 0.3) is 0 Å². The largest absolute Gasteiger partial charge is 0.475 e. The molecule has 1 heterocycles. The maximum Gasteiger partial charge on any atom is 0.375 e. The third kappa shape index (κ3) is 1.80. The van der Waals surface area contributed by atoms with Crippen LogP contribution >= 0.6 is 15.9 Å². The zero-order chi connectivity index (χ0) is 9.14. The van der Waals surface area contributed by atoms with Gasteiger partial charge in [-0.1, -0.05) is 0 Å². The minimum atomic E-state index is -1.16. The molecule has 0 aliphatic rings.